The normalized spacial score (nSPS) is 11.4. The Morgan fingerprint density at radius 2 is 1.81 bits per heavy atom. The number of nitro benzene ring substituents is 1. The molecular weight excluding hydrogens is 560 g/mol. The van der Waals surface area contributed by atoms with Crippen molar-refractivity contribution in [1.29, 1.82) is 0 Å². The highest BCUT2D eigenvalue weighted by atomic mass is 35.5. The van der Waals surface area contributed by atoms with Gasteiger partial charge in [-0.05, 0) is 71.8 Å². The van der Waals surface area contributed by atoms with E-state index < -0.39 is 4.92 Å². The van der Waals surface area contributed by atoms with Crippen LogP contribution in [0.5, 0.6) is 11.5 Å². The topological polar surface area (TPSA) is 122 Å². The van der Waals surface area contributed by atoms with Crippen LogP contribution in [0.2, 0.25) is 5.02 Å². The number of benzene rings is 4. The fourth-order valence-electron chi connectivity index (χ4n) is 4.43. The summed E-state index contributed by atoms with van der Waals surface area (Å²) in [5.41, 5.74) is 2.09. The minimum Gasteiger partial charge on any atom is -0.496 e. The van der Waals surface area contributed by atoms with Gasteiger partial charge in [0.05, 0.1) is 39.6 Å². The third-order valence-corrected chi connectivity index (χ3v) is 6.83. The van der Waals surface area contributed by atoms with Crippen LogP contribution in [0.25, 0.3) is 33.5 Å². The first-order chi connectivity index (χ1) is 20.4. The van der Waals surface area contributed by atoms with Crippen molar-refractivity contribution < 1.29 is 18.8 Å². The van der Waals surface area contributed by atoms with E-state index in [2.05, 4.69) is 5.10 Å². The maximum atomic E-state index is 13.5. The molecule has 0 bridgehead atoms. The number of aromatic nitrogens is 2. The van der Waals surface area contributed by atoms with Crippen molar-refractivity contribution >= 4 is 45.4 Å². The number of non-ortho nitro benzene ring substituents is 1. The molecule has 0 amide bonds. The summed E-state index contributed by atoms with van der Waals surface area (Å²) < 4.78 is 18.5. The second kappa shape index (κ2) is 11.2. The van der Waals surface area contributed by atoms with Gasteiger partial charge in [0.15, 0.2) is 5.76 Å². The van der Waals surface area contributed by atoms with E-state index in [1.165, 1.54) is 23.0 Å². The summed E-state index contributed by atoms with van der Waals surface area (Å²) in [6.07, 6.45) is 1.50. The number of halogens is 1. The number of hydrogen-bond donors (Lipinski definition) is 0. The molecule has 42 heavy (non-hydrogen) atoms. The summed E-state index contributed by atoms with van der Waals surface area (Å²) in [5.74, 6) is 1.63. The number of nitro groups is 1. The lowest BCUT2D eigenvalue weighted by Crippen LogP contribution is -2.20. The van der Waals surface area contributed by atoms with Crippen LogP contribution < -0.4 is 15.0 Å². The number of fused-ring (bicyclic) bond motifs is 2. The molecule has 2 aromatic heterocycles. The van der Waals surface area contributed by atoms with E-state index >= 15 is 0 Å². The molecule has 10 nitrogen and oxygen atoms in total. The summed E-state index contributed by atoms with van der Waals surface area (Å²) >= 11 is 6.47. The van der Waals surface area contributed by atoms with Gasteiger partial charge in [-0.25, -0.2) is 4.98 Å². The first-order valence-corrected chi connectivity index (χ1v) is 13.1. The van der Waals surface area contributed by atoms with Gasteiger partial charge < -0.3 is 13.9 Å². The lowest BCUT2D eigenvalue weighted by molar-refractivity contribution is -0.384. The second-order valence-corrected chi connectivity index (χ2v) is 9.61. The molecule has 6 rings (SSSR count). The maximum Gasteiger partial charge on any atom is 0.282 e. The molecule has 0 atom stereocenters. The standard InChI is InChI=1S/C31H21ClN4O6/c1-40-26-7-4-8-27-23(26)16-29(42-27)30-34-25-6-3-2-5-22(25)31(37)35(30)33-17-20-11-14-28(24(32)15-20)41-18-19-9-12-21(13-10-19)36(38)39/h2-17H,18H2,1H3. The van der Waals surface area contributed by atoms with Crippen LogP contribution in [0, 0.1) is 10.1 Å². The van der Waals surface area contributed by atoms with Gasteiger partial charge in [0, 0.05) is 12.1 Å². The molecule has 0 aliphatic heterocycles. The molecule has 0 radical (unpaired) electrons. The number of nitrogens with zero attached hydrogens (tertiary/aromatic N) is 4. The average molecular weight is 581 g/mol. The van der Waals surface area contributed by atoms with E-state index in [1.54, 1.807) is 73.8 Å². The first-order valence-electron chi connectivity index (χ1n) is 12.7. The van der Waals surface area contributed by atoms with E-state index in [4.69, 9.17) is 30.5 Å². The maximum absolute atomic E-state index is 13.5. The van der Waals surface area contributed by atoms with Crippen molar-refractivity contribution in [2.45, 2.75) is 6.61 Å². The first kappa shape index (κ1) is 26.7. The largest absolute Gasteiger partial charge is 0.496 e. The minimum absolute atomic E-state index is 0.00403. The highest BCUT2D eigenvalue weighted by molar-refractivity contribution is 6.32. The van der Waals surface area contributed by atoms with Gasteiger partial charge in [-0.15, -0.1) is 0 Å². The Hall–Kier alpha value is -5.48. The molecule has 4 aromatic carbocycles. The fourth-order valence-corrected chi connectivity index (χ4v) is 4.67. The molecule has 2 heterocycles. The zero-order valence-electron chi connectivity index (χ0n) is 22.1. The number of ether oxygens (including phenoxy) is 2. The molecule has 11 heteroatoms. The predicted octanol–water partition coefficient (Wildman–Crippen LogP) is 6.84. The Morgan fingerprint density at radius 3 is 2.57 bits per heavy atom. The lowest BCUT2D eigenvalue weighted by atomic mass is 10.2. The third kappa shape index (κ3) is 5.18. The molecule has 0 fully saturated rings. The van der Waals surface area contributed by atoms with E-state index in [1.807, 2.05) is 12.1 Å². The Balaban J connectivity index is 1.32. The van der Waals surface area contributed by atoms with E-state index in [0.29, 0.717) is 44.3 Å². The van der Waals surface area contributed by atoms with Gasteiger partial charge in [0.2, 0.25) is 5.82 Å². The summed E-state index contributed by atoms with van der Waals surface area (Å²) in [6, 6.07) is 25.4. The van der Waals surface area contributed by atoms with E-state index in [0.717, 1.165) is 10.9 Å². The number of hydrogen-bond acceptors (Lipinski definition) is 8. The molecule has 0 aliphatic rings. The number of furan rings is 1. The molecule has 6 aromatic rings. The zero-order chi connectivity index (χ0) is 29.2. The van der Waals surface area contributed by atoms with Gasteiger partial charge >= 0.3 is 0 Å². The van der Waals surface area contributed by atoms with E-state index in [-0.39, 0.29) is 23.7 Å². The van der Waals surface area contributed by atoms with Crippen molar-refractivity contribution in [1.82, 2.24) is 9.66 Å². The Labute approximate surface area is 243 Å². The molecule has 208 valence electrons. The van der Waals surface area contributed by atoms with Gasteiger partial charge in [-0.3, -0.25) is 14.9 Å². The van der Waals surface area contributed by atoms with Gasteiger partial charge in [0.1, 0.15) is 23.7 Å². The van der Waals surface area contributed by atoms with Crippen LogP contribution in [0.3, 0.4) is 0 Å². The van der Waals surface area contributed by atoms with Crippen molar-refractivity contribution in [3.05, 3.63) is 128 Å². The van der Waals surface area contributed by atoms with Gasteiger partial charge in [-0.2, -0.15) is 9.78 Å². The predicted molar refractivity (Wildman–Crippen MR) is 160 cm³/mol. The Morgan fingerprint density at radius 1 is 1.00 bits per heavy atom. The summed E-state index contributed by atoms with van der Waals surface area (Å²) in [7, 11) is 1.58. The SMILES string of the molecule is COc1cccc2oc(-c3nc4ccccc4c(=O)n3N=Cc3ccc(OCc4ccc([N+](=O)[O-])cc4)c(Cl)c3)cc12. The van der Waals surface area contributed by atoms with Crippen LogP contribution in [0.15, 0.2) is 105 Å². The van der Waals surface area contributed by atoms with Crippen molar-refractivity contribution in [3.8, 4) is 23.1 Å². The summed E-state index contributed by atoms with van der Waals surface area (Å²) in [5, 5.41) is 16.8. The van der Waals surface area contributed by atoms with Crippen LogP contribution in [-0.4, -0.2) is 27.9 Å². The highest BCUT2D eigenvalue weighted by Crippen LogP contribution is 2.33. The van der Waals surface area contributed by atoms with Crippen LogP contribution >= 0.6 is 11.6 Å². The average Bonchev–Trinajstić information content (AvgIpc) is 3.45. The molecule has 0 saturated carbocycles. The minimum atomic E-state index is -0.458. The number of methoxy groups -OCH3 is 1. The van der Waals surface area contributed by atoms with Gasteiger partial charge in [0.25, 0.3) is 11.2 Å². The van der Waals surface area contributed by atoms with Crippen molar-refractivity contribution in [2.75, 3.05) is 7.11 Å². The zero-order valence-corrected chi connectivity index (χ0v) is 22.8. The Bertz CT molecular complexity index is 2050. The molecular formula is C31H21ClN4O6. The molecule has 0 aliphatic carbocycles. The van der Waals surface area contributed by atoms with E-state index in [9.17, 15) is 14.9 Å². The molecule has 0 spiro atoms. The van der Waals surface area contributed by atoms with Gasteiger partial charge in [-0.1, -0.05) is 29.8 Å². The fraction of sp³-hybridized carbons (Fsp3) is 0.0645. The number of rotatable bonds is 8. The third-order valence-electron chi connectivity index (χ3n) is 6.54. The molecule has 0 unspecified atom stereocenters. The summed E-state index contributed by atoms with van der Waals surface area (Å²) in [4.78, 5) is 28.6. The number of para-hydroxylation sites is 1. The quantitative estimate of drug-likeness (QED) is 0.110. The van der Waals surface area contributed by atoms with Crippen molar-refractivity contribution in [2.24, 2.45) is 5.10 Å². The highest BCUT2D eigenvalue weighted by Gasteiger charge is 2.18. The monoisotopic (exact) mass is 580 g/mol. The molecule has 0 N–H and O–H groups in total. The second-order valence-electron chi connectivity index (χ2n) is 9.20. The van der Waals surface area contributed by atoms with Crippen LogP contribution in [0.1, 0.15) is 11.1 Å². The van der Waals surface area contributed by atoms with Crippen molar-refractivity contribution in [3.63, 3.8) is 0 Å². The summed E-state index contributed by atoms with van der Waals surface area (Å²) in [6.45, 7) is 0.176. The molecule has 0 saturated heterocycles. The lowest BCUT2D eigenvalue weighted by Gasteiger charge is -2.09. The van der Waals surface area contributed by atoms with Crippen LogP contribution in [-0.2, 0) is 6.61 Å². The smallest absolute Gasteiger partial charge is 0.282 e. The Kier molecular flexibility index (Phi) is 7.12. The van der Waals surface area contributed by atoms with Crippen LogP contribution in [0.4, 0.5) is 5.69 Å².